The van der Waals surface area contributed by atoms with Crippen molar-refractivity contribution >= 4 is 28.4 Å². The quantitative estimate of drug-likeness (QED) is 0.738. The number of para-hydroxylation sites is 1. The molecule has 3 rings (SSSR count). The number of hydrogen-bond donors (Lipinski definition) is 2. The second-order valence-corrected chi connectivity index (χ2v) is 5.43. The third-order valence-electron chi connectivity index (χ3n) is 3.79. The highest BCUT2D eigenvalue weighted by Crippen LogP contribution is 2.16. The molecule has 2 aromatic carbocycles. The lowest BCUT2D eigenvalue weighted by molar-refractivity contribution is -0.119. The number of carbonyl (C=O) groups excluding carboxylic acids is 2. The minimum Gasteiger partial charge on any atom is -0.366 e. The fourth-order valence-corrected chi connectivity index (χ4v) is 2.41. The molecule has 0 saturated carbocycles. The average Bonchev–Trinajstić information content (AvgIpc) is 2.62. The molecule has 0 bridgehead atoms. The van der Waals surface area contributed by atoms with Gasteiger partial charge in [0.25, 0.3) is 11.5 Å². The second-order valence-electron chi connectivity index (χ2n) is 5.43. The zero-order chi connectivity index (χ0) is 18.0. The smallest absolute Gasteiger partial charge is 0.278 e. The van der Waals surface area contributed by atoms with Crippen LogP contribution >= 0.6 is 0 Å². The second kappa shape index (κ2) is 6.52. The van der Waals surface area contributed by atoms with Gasteiger partial charge in [0.15, 0.2) is 0 Å². The van der Waals surface area contributed by atoms with Crippen LogP contribution in [0.5, 0.6) is 0 Å². The number of aromatic nitrogens is 3. The third kappa shape index (κ3) is 3.09. The van der Waals surface area contributed by atoms with Crippen molar-refractivity contribution in [3.8, 4) is 0 Å². The number of nitrogens with zero attached hydrogens (tertiary/aromatic N) is 3. The van der Waals surface area contributed by atoms with Gasteiger partial charge in [-0.1, -0.05) is 29.5 Å². The maximum atomic E-state index is 12.5. The molecule has 0 aliphatic rings. The molecule has 0 unspecified atom stereocenters. The molecule has 25 heavy (non-hydrogen) atoms. The van der Waals surface area contributed by atoms with Crippen LogP contribution in [0.15, 0.2) is 53.3 Å². The van der Waals surface area contributed by atoms with Gasteiger partial charge in [-0.3, -0.25) is 14.4 Å². The third-order valence-corrected chi connectivity index (χ3v) is 3.79. The van der Waals surface area contributed by atoms with E-state index in [0.29, 0.717) is 10.9 Å². The molecule has 0 aliphatic carbocycles. The number of hydrogen-bond acceptors (Lipinski definition) is 5. The van der Waals surface area contributed by atoms with Gasteiger partial charge in [-0.25, -0.2) is 0 Å². The van der Waals surface area contributed by atoms with E-state index in [1.54, 1.807) is 42.5 Å². The van der Waals surface area contributed by atoms with Crippen LogP contribution in [0, 0.1) is 0 Å². The molecule has 2 amide bonds. The van der Waals surface area contributed by atoms with Gasteiger partial charge >= 0.3 is 0 Å². The van der Waals surface area contributed by atoms with E-state index in [1.807, 2.05) is 0 Å². The summed E-state index contributed by atoms with van der Waals surface area (Å²) in [5.41, 5.74) is 5.78. The van der Waals surface area contributed by atoms with Crippen LogP contribution < -0.4 is 16.6 Å². The van der Waals surface area contributed by atoms with Gasteiger partial charge in [-0.15, -0.1) is 5.10 Å². The number of amides is 2. The predicted molar refractivity (Wildman–Crippen MR) is 92.1 cm³/mol. The molecule has 0 aliphatic heterocycles. The van der Waals surface area contributed by atoms with Gasteiger partial charge < -0.3 is 11.1 Å². The summed E-state index contributed by atoms with van der Waals surface area (Å²) in [6, 6.07) is 12.2. The Morgan fingerprint density at radius 3 is 2.56 bits per heavy atom. The number of anilines is 1. The van der Waals surface area contributed by atoms with Crippen molar-refractivity contribution < 1.29 is 9.59 Å². The number of nitrogens with one attached hydrogen (secondary N) is 1. The molecule has 3 N–H and O–H groups in total. The van der Waals surface area contributed by atoms with Gasteiger partial charge in [0.2, 0.25) is 5.91 Å². The molecule has 126 valence electrons. The van der Waals surface area contributed by atoms with Crippen LogP contribution in [-0.4, -0.2) is 26.8 Å². The Bertz CT molecular complexity index is 1030. The minimum absolute atomic E-state index is 0.181. The molecular formula is C17H15N5O3. The topological polar surface area (TPSA) is 120 Å². The Balaban J connectivity index is 1.93. The minimum atomic E-state index is -0.925. The van der Waals surface area contributed by atoms with Crippen LogP contribution in [0.4, 0.5) is 5.69 Å². The van der Waals surface area contributed by atoms with Gasteiger partial charge in [0.1, 0.15) is 11.6 Å². The zero-order valence-corrected chi connectivity index (χ0v) is 13.3. The molecule has 1 aromatic heterocycles. The lowest BCUT2D eigenvalue weighted by Gasteiger charge is -2.15. The van der Waals surface area contributed by atoms with Crippen molar-refractivity contribution in [2.24, 2.45) is 5.73 Å². The number of benzene rings is 2. The lowest BCUT2D eigenvalue weighted by atomic mass is 10.1. The fraction of sp³-hybridized carbons (Fsp3) is 0.118. The molecule has 8 nitrogen and oxygen atoms in total. The first-order valence-corrected chi connectivity index (χ1v) is 7.53. The van der Waals surface area contributed by atoms with Crippen LogP contribution in [0.1, 0.15) is 23.3 Å². The normalized spacial score (nSPS) is 11.9. The monoisotopic (exact) mass is 337 g/mol. The van der Waals surface area contributed by atoms with Crippen molar-refractivity contribution in [2.75, 3.05) is 5.32 Å². The van der Waals surface area contributed by atoms with E-state index in [1.165, 1.54) is 13.0 Å². The highest BCUT2D eigenvalue weighted by Gasteiger charge is 2.20. The van der Waals surface area contributed by atoms with Crippen LogP contribution in [0.25, 0.3) is 10.9 Å². The largest absolute Gasteiger partial charge is 0.366 e. The van der Waals surface area contributed by atoms with Crippen LogP contribution in [-0.2, 0) is 4.79 Å². The Morgan fingerprint density at radius 1 is 1.12 bits per heavy atom. The number of fused-ring (bicyclic) bond motifs is 1. The number of carbonyl (C=O) groups is 2. The van der Waals surface area contributed by atoms with E-state index < -0.39 is 23.4 Å². The number of nitrogens with two attached hydrogens (primary N) is 1. The van der Waals surface area contributed by atoms with E-state index in [-0.39, 0.29) is 11.3 Å². The highest BCUT2D eigenvalue weighted by atomic mass is 16.2. The number of rotatable bonds is 4. The summed E-state index contributed by atoms with van der Waals surface area (Å²) < 4.78 is 1.00. The molecule has 1 atom stereocenters. The molecule has 1 heterocycles. The van der Waals surface area contributed by atoms with E-state index in [0.717, 1.165) is 4.68 Å². The van der Waals surface area contributed by atoms with E-state index in [9.17, 15) is 14.4 Å². The van der Waals surface area contributed by atoms with Crippen molar-refractivity contribution in [1.82, 2.24) is 15.0 Å². The average molecular weight is 337 g/mol. The van der Waals surface area contributed by atoms with Crippen LogP contribution in [0.3, 0.4) is 0 Å². The summed E-state index contributed by atoms with van der Waals surface area (Å²) in [6.07, 6.45) is 0. The molecule has 3 aromatic rings. The van der Waals surface area contributed by atoms with Crippen LogP contribution in [0.2, 0.25) is 0 Å². The molecule has 0 saturated heterocycles. The van der Waals surface area contributed by atoms with Gasteiger partial charge in [0, 0.05) is 0 Å². The molecule has 0 radical (unpaired) electrons. The summed E-state index contributed by atoms with van der Waals surface area (Å²) in [5.74, 6) is -1.17. The summed E-state index contributed by atoms with van der Waals surface area (Å²) in [6.45, 7) is 1.52. The van der Waals surface area contributed by atoms with Crippen molar-refractivity contribution in [3.05, 3.63) is 64.4 Å². The number of primary amides is 1. The molecular weight excluding hydrogens is 322 g/mol. The molecule has 0 fully saturated rings. The first-order chi connectivity index (χ1) is 12.0. The first-order valence-electron chi connectivity index (χ1n) is 7.53. The predicted octanol–water partition coefficient (Wildman–Crippen LogP) is 1.09. The lowest BCUT2D eigenvalue weighted by Crippen LogP contribution is -2.34. The summed E-state index contributed by atoms with van der Waals surface area (Å²) in [5, 5.41) is 10.8. The van der Waals surface area contributed by atoms with E-state index >= 15 is 0 Å². The summed E-state index contributed by atoms with van der Waals surface area (Å²) in [7, 11) is 0. The first kappa shape index (κ1) is 16.3. The summed E-state index contributed by atoms with van der Waals surface area (Å²) >= 11 is 0. The maximum absolute atomic E-state index is 12.5. The SMILES string of the molecule is C[C@@H](C(=O)Nc1ccccc1C(N)=O)n1nnc2ccccc2c1=O. The Morgan fingerprint density at radius 2 is 1.80 bits per heavy atom. The van der Waals surface area contributed by atoms with E-state index in [4.69, 9.17) is 5.73 Å². The Kier molecular flexibility index (Phi) is 4.25. The fourth-order valence-electron chi connectivity index (χ4n) is 2.41. The van der Waals surface area contributed by atoms with Gasteiger partial charge in [-0.2, -0.15) is 4.68 Å². The highest BCUT2D eigenvalue weighted by molar-refractivity contribution is 6.03. The molecule has 0 spiro atoms. The molecule has 8 heteroatoms. The summed E-state index contributed by atoms with van der Waals surface area (Å²) in [4.78, 5) is 36.4. The zero-order valence-electron chi connectivity index (χ0n) is 13.3. The van der Waals surface area contributed by atoms with Gasteiger partial charge in [0.05, 0.1) is 16.6 Å². The standard InChI is InChI=1S/C17H15N5O3/c1-10(16(24)19-13-8-4-2-6-11(13)15(18)23)22-17(25)12-7-3-5-9-14(12)20-21-22/h2-10H,1H3,(H2,18,23)(H,19,24)/t10-/m0/s1. The van der Waals surface area contributed by atoms with Crippen molar-refractivity contribution in [3.63, 3.8) is 0 Å². The van der Waals surface area contributed by atoms with Gasteiger partial charge in [-0.05, 0) is 31.2 Å². The van der Waals surface area contributed by atoms with E-state index in [2.05, 4.69) is 15.6 Å². The Labute approximate surface area is 142 Å². The van der Waals surface area contributed by atoms with Crippen molar-refractivity contribution in [2.45, 2.75) is 13.0 Å². The van der Waals surface area contributed by atoms with Crippen molar-refractivity contribution in [1.29, 1.82) is 0 Å². The maximum Gasteiger partial charge on any atom is 0.278 e. The Hall–Kier alpha value is -3.55.